The Hall–Kier alpha value is -3.67. The molecule has 0 saturated carbocycles. The lowest BCUT2D eigenvalue weighted by Crippen LogP contribution is -2.30. The maximum absolute atomic E-state index is 12.9. The van der Waals surface area contributed by atoms with Gasteiger partial charge in [0.2, 0.25) is 0 Å². The zero-order valence-corrected chi connectivity index (χ0v) is 51.4. The Bertz CT molecular complexity index is 1530. The van der Waals surface area contributed by atoms with Gasteiger partial charge in [-0.3, -0.25) is 14.4 Å². The van der Waals surface area contributed by atoms with Crippen LogP contribution in [0.1, 0.15) is 323 Å². The van der Waals surface area contributed by atoms with E-state index >= 15 is 0 Å². The van der Waals surface area contributed by atoms with Gasteiger partial charge < -0.3 is 14.2 Å². The molecule has 0 bridgehead atoms. The Balaban J connectivity index is 4.19. The number of allylic oxidation sites excluding steroid dienone is 16. The molecule has 0 spiro atoms. The van der Waals surface area contributed by atoms with E-state index in [0.29, 0.717) is 19.3 Å². The number of hydrogen-bond acceptors (Lipinski definition) is 6. The van der Waals surface area contributed by atoms with Crippen molar-refractivity contribution in [2.24, 2.45) is 0 Å². The lowest BCUT2D eigenvalue weighted by Gasteiger charge is -2.18. The molecule has 0 heterocycles. The first-order valence-electron chi connectivity index (χ1n) is 33.2. The van der Waals surface area contributed by atoms with Crippen molar-refractivity contribution < 1.29 is 28.6 Å². The van der Waals surface area contributed by atoms with Gasteiger partial charge in [0.15, 0.2) is 6.10 Å². The van der Waals surface area contributed by atoms with Crippen molar-refractivity contribution in [3.8, 4) is 0 Å². The Morgan fingerprint density at radius 3 is 0.782 bits per heavy atom. The lowest BCUT2D eigenvalue weighted by molar-refractivity contribution is -0.167. The van der Waals surface area contributed by atoms with Gasteiger partial charge in [0, 0.05) is 19.3 Å². The standard InChI is InChI=1S/C72H124O6/c1-4-7-10-13-16-19-22-25-27-29-30-31-32-33-34-35-36-37-38-39-40-41-42-44-45-47-50-53-56-59-62-65-71(74)77-68-69(67-76-70(73)64-61-58-55-52-49-24-21-18-15-12-9-6-3)78-72(75)66-63-60-57-54-51-48-46-43-28-26-23-20-17-14-11-8-5-2/h7-8,10-11,16-17,19-20,25-28,30-31,46,48,69H,4-6,9,12-15,18,21-24,29,32-45,47,49-68H2,1-3H3/b10-7-,11-8-,19-16-,20-17-,27-25-,28-26-,31-30-,48-46-. The first-order chi connectivity index (χ1) is 38.5. The summed E-state index contributed by atoms with van der Waals surface area (Å²) in [5, 5.41) is 0. The predicted octanol–water partition coefficient (Wildman–Crippen LogP) is 22.8. The van der Waals surface area contributed by atoms with E-state index in [1.165, 1.54) is 161 Å². The fourth-order valence-corrected chi connectivity index (χ4v) is 9.43. The minimum atomic E-state index is -0.788. The third kappa shape index (κ3) is 63.2. The zero-order chi connectivity index (χ0) is 56.4. The molecular weight excluding hydrogens is 961 g/mol. The summed E-state index contributed by atoms with van der Waals surface area (Å²) in [7, 11) is 0. The second-order valence-electron chi connectivity index (χ2n) is 22.0. The van der Waals surface area contributed by atoms with Gasteiger partial charge in [-0.05, 0) is 96.3 Å². The highest BCUT2D eigenvalue weighted by Crippen LogP contribution is 2.17. The normalized spacial score (nSPS) is 12.7. The Morgan fingerprint density at radius 1 is 0.269 bits per heavy atom. The lowest BCUT2D eigenvalue weighted by atomic mass is 10.0. The fourth-order valence-electron chi connectivity index (χ4n) is 9.43. The SMILES string of the molecule is CC/C=C\C/C=C\C/C=C\C/C=C\CCCCCCCCCCCCCCCCCCCCC(=O)OCC(COC(=O)CCCCCCCCCCCCCC)OC(=O)CCCCCC/C=C\C/C=C\C/C=C\C/C=C\CC. The van der Waals surface area contributed by atoms with Gasteiger partial charge >= 0.3 is 17.9 Å². The van der Waals surface area contributed by atoms with Crippen LogP contribution in [-0.4, -0.2) is 37.2 Å². The van der Waals surface area contributed by atoms with E-state index in [0.717, 1.165) is 122 Å². The number of esters is 3. The maximum Gasteiger partial charge on any atom is 0.306 e. The molecule has 0 aliphatic rings. The minimum absolute atomic E-state index is 0.0831. The average Bonchev–Trinajstić information content (AvgIpc) is 3.44. The van der Waals surface area contributed by atoms with Crippen LogP contribution in [0.15, 0.2) is 97.2 Å². The molecule has 0 fully saturated rings. The molecule has 78 heavy (non-hydrogen) atoms. The maximum atomic E-state index is 12.9. The summed E-state index contributed by atoms with van der Waals surface area (Å²) in [6.45, 7) is 6.42. The van der Waals surface area contributed by atoms with Crippen molar-refractivity contribution in [2.75, 3.05) is 13.2 Å². The van der Waals surface area contributed by atoms with E-state index < -0.39 is 6.10 Å². The molecule has 0 saturated heterocycles. The number of carbonyl (C=O) groups excluding carboxylic acids is 3. The van der Waals surface area contributed by atoms with E-state index in [1.54, 1.807) is 0 Å². The summed E-state index contributed by atoms with van der Waals surface area (Å²) in [5.74, 6) is -0.893. The van der Waals surface area contributed by atoms with Gasteiger partial charge in [-0.2, -0.15) is 0 Å². The molecule has 0 N–H and O–H groups in total. The van der Waals surface area contributed by atoms with E-state index in [-0.39, 0.29) is 31.1 Å². The van der Waals surface area contributed by atoms with Gasteiger partial charge in [-0.15, -0.1) is 0 Å². The predicted molar refractivity (Wildman–Crippen MR) is 339 cm³/mol. The van der Waals surface area contributed by atoms with E-state index in [2.05, 4.69) is 118 Å². The molecule has 0 aliphatic heterocycles. The summed E-state index contributed by atoms with van der Waals surface area (Å²) >= 11 is 0. The van der Waals surface area contributed by atoms with Crippen LogP contribution in [0.5, 0.6) is 0 Å². The van der Waals surface area contributed by atoms with Gasteiger partial charge in [0.25, 0.3) is 0 Å². The van der Waals surface area contributed by atoms with Crippen LogP contribution >= 0.6 is 0 Å². The molecule has 0 aromatic carbocycles. The molecule has 6 heteroatoms. The highest BCUT2D eigenvalue weighted by Gasteiger charge is 2.19. The molecular formula is C72H124O6. The van der Waals surface area contributed by atoms with Crippen molar-refractivity contribution >= 4 is 17.9 Å². The van der Waals surface area contributed by atoms with Crippen LogP contribution in [-0.2, 0) is 28.6 Å². The van der Waals surface area contributed by atoms with Gasteiger partial charge in [0.05, 0.1) is 0 Å². The minimum Gasteiger partial charge on any atom is -0.462 e. The summed E-state index contributed by atoms with van der Waals surface area (Å²) in [6, 6.07) is 0. The summed E-state index contributed by atoms with van der Waals surface area (Å²) < 4.78 is 16.9. The Morgan fingerprint density at radius 2 is 0.500 bits per heavy atom. The smallest absolute Gasteiger partial charge is 0.306 e. The van der Waals surface area contributed by atoms with Crippen molar-refractivity contribution in [3.05, 3.63) is 97.2 Å². The van der Waals surface area contributed by atoms with Crippen molar-refractivity contribution in [2.45, 2.75) is 329 Å². The first kappa shape index (κ1) is 74.3. The Labute approximate surface area is 483 Å². The monoisotopic (exact) mass is 1080 g/mol. The molecule has 6 nitrogen and oxygen atoms in total. The van der Waals surface area contributed by atoms with Crippen molar-refractivity contribution in [1.29, 1.82) is 0 Å². The van der Waals surface area contributed by atoms with Gasteiger partial charge in [0.1, 0.15) is 13.2 Å². The number of rotatable bonds is 60. The molecule has 0 rings (SSSR count). The quantitative estimate of drug-likeness (QED) is 0.0261. The molecule has 0 aromatic rings. The van der Waals surface area contributed by atoms with E-state index in [1.807, 2.05) is 0 Å². The van der Waals surface area contributed by atoms with Gasteiger partial charge in [-0.1, -0.05) is 304 Å². The number of ether oxygens (including phenoxy) is 3. The second-order valence-corrected chi connectivity index (χ2v) is 22.0. The fraction of sp³-hybridized carbons (Fsp3) is 0.736. The van der Waals surface area contributed by atoms with Crippen LogP contribution < -0.4 is 0 Å². The number of hydrogen-bond donors (Lipinski definition) is 0. The third-order valence-corrected chi connectivity index (χ3v) is 14.3. The molecule has 1 unspecified atom stereocenters. The van der Waals surface area contributed by atoms with Crippen LogP contribution in [0.25, 0.3) is 0 Å². The number of unbranched alkanes of at least 4 members (excludes halogenated alkanes) is 33. The molecule has 1 atom stereocenters. The highest BCUT2D eigenvalue weighted by atomic mass is 16.6. The second kappa shape index (κ2) is 65.8. The molecule has 0 radical (unpaired) electrons. The van der Waals surface area contributed by atoms with Crippen molar-refractivity contribution in [3.63, 3.8) is 0 Å². The molecule has 0 amide bonds. The third-order valence-electron chi connectivity index (χ3n) is 14.3. The average molecular weight is 1090 g/mol. The van der Waals surface area contributed by atoms with Gasteiger partial charge in [-0.25, -0.2) is 0 Å². The van der Waals surface area contributed by atoms with E-state index in [9.17, 15) is 14.4 Å². The summed E-state index contributed by atoms with van der Waals surface area (Å²) in [5.41, 5.74) is 0. The Kier molecular flexibility index (Phi) is 62.7. The molecule has 0 aliphatic carbocycles. The number of carbonyl (C=O) groups is 3. The van der Waals surface area contributed by atoms with Crippen LogP contribution in [0.3, 0.4) is 0 Å². The highest BCUT2D eigenvalue weighted by molar-refractivity contribution is 5.71. The van der Waals surface area contributed by atoms with Crippen molar-refractivity contribution in [1.82, 2.24) is 0 Å². The summed E-state index contributed by atoms with van der Waals surface area (Å²) in [6.07, 6.45) is 88.6. The van der Waals surface area contributed by atoms with Crippen LogP contribution in [0.2, 0.25) is 0 Å². The van der Waals surface area contributed by atoms with Crippen LogP contribution in [0.4, 0.5) is 0 Å². The van der Waals surface area contributed by atoms with E-state index in [4.69, 9.17) is 14.2 Å². The summed E-state index contributed by atoms with van der Waals surface area (Å²) in [4.78, 5) is 38.3. The molecule has 448 valence electrons. The first-order valence-corrected chi connectivity index (χ1v) is 33.2. The van der Waals surface area contributed by atoms with Crippen LogP contribution in [0, 0.1) is 0 Å². The largest absolute Gasteiger partial charge is 0.462 e. The molecule has 0 aromatic heterocycles. The topological polar surface area (TPSA) is 78.9 Å². The zero-order valence-electron chi connectivity index (χ0n) is 51.4.